The largest absolute Gasteiger partial charge is 0.398 e. The molecular formula is C21H20F2N6O2. The minimum Gasteiger partial charge on any atom is -0.398 e. The van der Waals surface area contributed by atoms with Gasteiger partial charge in [-0.2, -0.15) is 4.39 Å². The van der Waals surface area contributed by atoms with Crippen LogP contribution in [0.3, 0.4) is 0 Å². The maximum atomic E-state index is 13.3. The fourth-order valence-corrected chi connectivity index (χ4v) is 2.86. The van der Waals surface area contributed by atoms with E-state index in [1.807, 2.05) is 0 Å². The van der Waals surface area contributed by atoms with E-state index >= 15 is 0 Å². The molecule has 2 heterocycles. The van der Waals surface area contributed by atoms with Crippen LogP contribution < -0.4 is 16.4 Å². The van der Waals surface area contributed by atoms with Crippen LogP contribution in [0.25, 0.3) is 0 Å². The lowest BCUT2D eigenvalue weighted by atomic mass is 10.0. The molecule has 3 rings (SSSR count). The van der Waals surface area contributed by atoms with E-state index in [1.165, 1.54) is 43.8 Å². The Morgan fingerprint density at radius 3 is 2.58 bits per heavy atom. The van der Waals surface area contributed by atoms with Gasteiger partial charge in [0.1, 0.15) is 11.6 Å². The minimum absolute atomic E-state index is 0.0289. The van der Waals surface area contributed by atoms with Gasteiger partial charge in [-0.3, -0.25) is 10.7 Å². The van der Waals surface area contributed by atoms with Crippen LogP contribution in [0.15, 0.2) is 54.9 Å². The van der Waals surface area contributed by atoms with Gasteiger partial charge in [-0.05, 0) is 23.8 Å². The summed E-state index contributed by atoms with van der Waals surface area (Å²) in [6.45, 7) is 0.174. The molecule has 0 spiro atoms. The number of halogens is 2. The zero-order valence-electron chi connectivity index (χ0n) is 16.5. The number of ether oxygens (including phenoxy) is 1. The average molecular weight is 426 g/mol. The SMILES string of the molecule is COCC(NC(=O)Nc1cc(N)c(C(=N)c2ccnc(F)c2)cn1)c1ccc(F)cc1. The first-order valence-corrected chi connectivity index (χ1v) is 9.15. The van der Waals surface area contributed by atoms with Crippen LogP contribution in [0.5, 0.6) is 0 Å². The van der Waals surface area contributed by atoms with E-state index in [0.29, 0.717) is 11.1 Å². The Hall–Kier alpha value is -3.92. The topological polar surface area (TPSA) is 126 Å². The molecule has 0 radical (unpaired) electrons. The predicted octanol–water partition coefficient (Wildman–Crippen LogP) is 3.26. The van der Waals surface area contributed by atoms with Crippen molar-refractivity contribution in [2.75, 3.05) is 24.8 Å². The third-order valence-electron chi connectivity index (χ3n) is 4.37. The molecule has 0 saturated heterocycles. The molecule has 8 nitrogen and oxygen atoms in total. The third kappa shape index (κ3) is 5.58. The molecule has 5 N–H and O–H groups in total. The Labute approximate surface area is 177 Å². The second-order valence-electron chi connectivity index (χ2n) is 6.56. The molecule has 1 atom stereocenters. The van der Waals surface area contributed by atoms with E-state index in [2.05, 4.69) is 20.6 Å². The lowest BCUT2D eigenvalue weighted by Gasteiger charge is -2.19. The van der Waals surface area contributed by atoms with Crippen molar-refractivity contribution < 1.29 is 18.3 Å². The van der Waals surface area contributed by atoms with Crippen molar-refractivity contribution in [1.29, 1.82) is 5.41 Å². The number of amides is 2. The fraction of sp³-hybridized carbons (Fsp3) is 0.143. The van der Waals surface area contributed by atoms with E-state index in [9.17, 15) is 13.6 Å². The Kier molecular flexibility index (Phi) is 6.83. The zero-order chi connectivity index (χ0) is 22.4. The minimum atomic E-state index is -0.712. The molecule has 0 aliphatic heterocycles. The molecule has 160 valence electrons. The maximum Gasteiger partial charge on any atom is 0.320 e. The van der Waals surface area contributed by atoms with Crippen LogP contribution in [0.1, 0.15) is 22.7 Å². The van der Waals surface area contributed by atoms with Gasteiger partial charge in [0.2, 0.25) is 5.95 Å². The average Bonchev–Trinajstić information content (AvgIpc) is 2.73. The number of urea groups is 1. The summed E-state index contributed by atoms with van der Waals surface area (Å²) in [5.41, 5.74) is 7.40. The van der Waals surface area contributed by atoms with Crippen molar-refractivity contribution in [3.05, 3.63) is 83.3 Å². The van der Waals surface area contributed by atoms with Crippen molar-refractivity contribution in [2.45, 2.75) is 6.04 Å². The first-order chi connectivity index (χ1) is 14.9. The van der Waals surface area contributed by atoms with E-state index < -0.39 is 18.0 Å². The Morgan fingerprint density at radius 1 is 1.19 bits per heavy atom. The van der Waals surface area contributed by atoms with Gasteiger partial charge < -0.3 is 15.8 Å². The molecule has 0 saturated carbocycles. The van der Waals surface area contributed by atoms with Crippen LogP contribution in [0.4, 0.5) is 25.1 Å². The van der Waals surface area contributed by atoms with Gasteiger partial charge in [0, 0.05) is 48.5 Å². The van der Waals surface area contributed by atoms with Crippen molar-refractivity contribution >= 4 is 23.2 Å². The lowest BCUT2D eigenvalue weighted by molar-refractivity contribution is 0.168. The Balaban J connectivity index is 1.70. The summed E-state index contributed by atoms with van der Waals surface area (Å²) in [6, 6.07) is 8.60. The number of nitrogens with zero attached hydrogens (tertiary/aromatic N) is 2. The monoisotopic (exact) mass is 426 g/mol. The highest BCUT2D eigenvalue weighted by Gasteiger charge is 2.16. The molecule has 10 heteroatoms. The highest BCUT2D eigenvalue weighted by atomic mass is 19.1. The number of nitrogens with two attached hydrogens (primary N) is 1. The number of methoxy groups -OCH3 is 1. The summed E-state index contributed by atoms with van der Waals surface area (Å²) in [7, 11) is 1.49. The van der Waals surface area contributed by atoms with Gasteiger partial charge in [-0.25, -0.2) is 19.2 Å². The molecule has 31 heavy (non-hydrogen) atoms. The molecule has 2 amide bonds. The quantitative estimate of drug-likeness (QED) is 0.341. The van der Waals surface area contributed by atoms with Crippen molar-refractivity contribution in [1.82, 2.24) is 15.3 Å². The molecule has 3 aromatic rings. The van der Waals surface area contributed by atoms with E-state index in [0.717, 1.165) is 6.07 Å². The van der Waals surface area contributed by atoms with Crippen LogP contribution in [0.2, 0.25) is 0 Å². The second kappa shape index (κ2) is 9.72. The van der Waals surface area contributed by atoms with Crippen molar-refractivity contribution in [3.63, 3.8) is 0 Å². The number of carbonyl (C=O) groups excluding carboxylic acids is 1. The molecular weight excluding hydrogens is 406 g/mol. The van der Waals surface area contributed by atoms with Crippen LogP contribution in [-0.2, 0) is 4.74 Å². The number of anilines is 2. The molecule has 2 aromatic heterocycles. The highest BCUT2D eigenvalue weighted by Crippen LogP contribution is 2.20. The van der Waals surface area contributed by atoms with Gasteiger partial charge in [0.05, 0.1) is 18.4 Å². The third-order valence-corrected chi connectivity index (χ3v) is 4.37. The van der Waals surface area contributed by atoms with Gasteiger partial charge in [0.15, 0.2) is 0 Å². The normalized spacial score (nSPS) is 11.6. The summed E-state index contributed by atoms with van der Waals surface area (Å²) in [5.74, 6) is -0.942. The smallest absolute Gasteiger partial charge is 0.320 e. The molecule has 1 unspecified atom stereocenters. The molecule has 0 fully saturated rings. The number of pyridine rings is 2. The van der Waals surface area contributed by atoms with Crippen LogP contribution >= 0.6 is 0 Å². The molecule has 0 aliphatic rings. The number of benzene rings is 1. The molecule has 0 aliphatic carbocycles. The summed E-state index contributed by atoms with van der Waals surface area (Å²) < 4.78 is 31.6. The Morgan fingerprint density at radius 2 is 1.94 bits per heavy atom. The van der Waals surface area contributed by atoms with Crippen molar-refractivity contribution in [3.8, 4) is 0 Å². The number of aromatic nitrogens is 2. The van der Waals surface area contributed by atoms with E-state index in [-0.39, 0.29) is 35.2 Å². The molecule has 0 bridgehead atoms. The lowest BCUT2D eigenvalue weighted by Crippen LogP contribution is -2.35. The summed E-state index contributed by atoms with van der Waals surface area (Å²) in [6.07, 6.45) is 2.57. The summed E-state index contributed by atoms with van der Waals surface area (Å²) in [5, 5.41) is 13.5. The first-order valence-electron chi connectivity index (χ1n) is 9.15. The zero-order valence-corrected chi connectivity index (χ0v) is 16.5. The Bertz CT molecular complexity index is 1090. The standard InChI is InChI=1S/C21H20F2N6O2/c1-31-11-17(12-2-4-14(22)5-3-12)28-21(30)29-19-9-16(24)15(10-27-19)20(25)13-6-7-26-18(23)8-13/h2-10,17,25H,11H2,1H3,(H4,24,27,28,29,30). The van der Waals surface area contributed by atoms with Crippen molar-refractivity contribution in [2.24, 2.45) is 0 Å². The van der Waals surface area contributed by atoms with Crippen LogP contribution in [0, 0.1) is 17.2 Å². The summed E-state index contributed by atoms with van der Waals surface area (Å²) in [4.78, 5) is 20.0. The molecule has 1 aromatic carbocycles. The number of nitrogen functional groups attached to an aromatic ring is 1. The van der Waals surface area contributed by atoms with E-state index in [4.69, 9.17) is 15.9 Å². The first kappa shape index (κ1) is 21.8. The van der Waals surface area contributed by atoms with Gasteiger partial charge in [0.25, 0.3) is 0 Å². The number of rotatable bonds is 7. The highest BCUT2D eigenvalue weighted by molar-refractivity contribution is 6.13. The second-order valence-corrected chi connectivity index (χ2v) is 6.56. The maximum absolute atomic E-state index is 13.3. The number of nitrogens with one attached hydrogen (secondary N) is 3. The van der Waals surface area contributed by atoms with Crippen LogP contribution in [-0.4, -0.2) is 35.4 Å². The number of hydrogen-bond donors (Lipinski definition) is 4. The summed E-state index contributed by atoms with van der Waals surface area (Å²) >= 11 is 0. The van der Waals surface area contributed by atoms with Gasteiger partial charge >= 0.3 is 6.03 Å². The predicted molar refractivity (Wildman–Crippen MR) is 112 cm³/mol. The van der Waals surface area contributed by atoms with Gasteiger partial charge in [-0.15, -0.1) is 0 Å². The number of carbonyl (C=O) groups is 1. The van der Waals surface area contributed by atoms with E-state index in [1.54, 1.807) is 12.1 Å². The van der Waals surface area contributed by atoms with Gasteiger partial charge in [-0.1, -0.05) is 12.1 Å². The fourth-order valence-electron chi connectivity index (χ4n) is 2.86. The number of hydrogen-bond acceptors (Lipinski definition) is 6.